The Balaban J connectivity index is 0.00000228. The molecule has 2 aliphatic rings. The van der Waals surface area contributed by atoms with Crippen molar-refractivity contribution in [3.05, 3.63) is 71.9 Å². The smallest absolute Gasteiger partial charge is 0.259 e. The minimum Gasteiger partial charge on any atom is -0.464 e. The van der Waals surface area contributed by atoms with Gasteiger partial charge in [-0.05, 0) is 50.2 Å². The number of nitrogens with zero attached hydrogens (tertiary/aromatic N) is 1. The third-order valence-electron chi connectivity index (χ3n) is 6.46. The molecule has 0 bridgehead atoms. The second-order valence-electron chi connectivity index (χ2n) is 8.24. The number of carbonyl (C=O) groups excluding carboxylic acids is 2. The molecule has 8 heteroatoms. The minimum absolute atomic E-state index is 0. The molecule has 0 saturated carbocycles. The standard InChI is InChI=1S/C25H20FN3O3.ClH/c26-18-6-5-14-9-12-32-23(14)21(18)22-20(24(30)28-25(22)31)17-13-29(15-7-10-27-11-8-15)19-4-2-1-3-16(17)19;/h1-6,9,12-13,15,27H,7-8,10-11H2,(H,28,30,31);1H. The van der Waals surface area contributed by atoms with Crippen molar-refractivity contribution in [3.63, 3.8) is 0 Å². The first kappa shape index (κ1) is 21.4. The topological polar surface area (TPSA) is 76.3 Å². The number of fused-ring (bicyclic) bond motifs is 2. The highest BCUT2D eigenvalue weighted by atomic mass is 35.5. The molecule has 0 atom stereocenters. The van der Waals surface area contributed by atoms with Crippen molar-refractivity contribution >= 4 is 57.2 Å². The van der Waals surface area contributed by atoms with Crippen molar-refractivity contribution in [2.45, 2.75) is 18.9 Å². The molecular weight excluding hydrogens is 445 g/mol. The fourth-order valence-corrected chi connectivity index (χ4v) is 4.98. The summed E-state index contributed by atoms with van der Waals surface area (Å²) >= 11 is 0. The maximum absolute atomic E-state index is 15.1. The quantitative estimate of drug-likeness (QED) is 0.438. The van der Waals surface area contributed by atoms with E-state index >= 15 is 4.39 Å². The van der Waals surface area contributed by atoms with Gasteiger partial charge in [-0.3, -0.25) is 14.9 Å². The molecule has 168 valence electrons. The van der Waals surface area contributed by atoms with Crippen molar-refractivity contribution in [2.75, 3.05) is 13.1 Å². The van der Waals surface area contributed by atoms with Gasteiger partial charge in [-0.25, -0.2) is 4.39 Å². The predicted octanol–water partition coefficient (Wildman–Crippen LogP) is 4.44. The number of piperidine rings is 1. The predicted molar refractivity (Wildman–Crippen MR) is 126 cm³/mol. The molecule has 0 aliphatic carbocycles. The zero-order chi connectivity index (χ0) is 21.8. The Kier molecular flexibility index (Phi) is 5.31. The van der Waals surface area contributed by atoms with Gasteiger partial charge in [0.05, 0.1) is 23.0 Å². The summed E-state index contributed by atoms with van der Waals surface area (Å²) in [6.45, 7) is 1.84. The lowest BCUT2D eigenvalue weighted by Gasteiger charge is -2.25. The molecule has 0 spiro atoms. The fraction of sp³-hybridized carbons (Fsp3) is 0.200. The van der Waals surface area contributed by atoms with Gasteiger partial charge in [-0.15, -0.1) is 12.4 Å². The Labute approximate surface area is 194 Å². The first-order chi connectivity index (χ1) is 15.6. The molecule has 33 heavy (non-hydrogen) atoms. The molecule has 0 radical (unpaired) electrons. The molecule has 2 aliphatic heterocycles. The number of benzene rings is 2. The molecule has 2 aromatic carbocycles. The summed E-state index contributed by atoms with van der Waals surface area (Å²) in [7, 11) is 0. The molecule has 2 N–H and O–H groups in total. The highest BCUT2D eigenvalue weighted by Gasteiger charge is 2.37. The Morgan fingerprint density at radius 1 is 0.970 bits per heavy atom. The summed E-state index contributed by atoms with van der Waals surface area (Å²) in [6, 6.07) is 12.7. The van der Waals surface area contributed by atoms with Gasteiger partial charge < -0.3 is 14.3 Å². The van der Waals surface area contributed by atoms with Crippen LogP contribution in [0.5, 0.6) is 0 Å². The summed E-state index contributed by atoms with van der Waals surface area (Å²) in [5.74, 6) is -1.75. The molecular formula is C25H21ClFN3O3. The molecule has 6 rings (SSSR count). The van der Waals surface area contributed by atoms with Crippen molar-refractivity contribution in [3.8, 4) is 0 Å². The average molecular weight is 466 g/mol. The van der Waals surface area contributed by atoms with Crippen LogP contribution in [-0.4, -0.2) is 29.5 Å². The van der Waals surface area contributed by atoms with Crippen LogP contribution in [0.3, 0.4) is 0 Å². The van der Waals surface area contributed by atoms with Crippen molar-refractivity contribution in [1.29, 1.82) is 0 Å². The minimum atomic E-state index is -0.619. The van der Waals surface area contributed by atoms with Gasteiger partial charge in [0.25, 0.3) is 11.8 Å². The number of rotatable bonds is 3. The van der Waals surface area contributed by atoms with Crippen LogP contribution < -0.4 is 10.6 Å². The van der Waals surface area contributed by atoms with Crippen LogP contribution in [-0.2, 0) is 9.59 Å². The maximum Gasteiger partial charge on any atom is 0.259 e. The van der Waals surface area contributed by atoms with Crippen LogP contribution in [0.1, 0.15) is 30.0 Å². The molecule has 1 saturated heterocycles. The monoisotopic (exact) mass is 465 g/mol. The number of hydrogen-bond acceptors (Lipinski definition) is 4. The number of para-hydroxylation sites is 1. The number of imide groups is 1. The van der Waals surface area contributed by atoms with Gasteiger partial charge in [-0.2, -0.15) is 0 Å². The Hall–Kier alpha value is -3.42. The molecule has 0 unspecified atom stereocenters. The summed E-state index contributed by atoms with van der Waals surface area (Å²) in [4.78, 5) is 25.9. The lowest BCUT2D eigenvalue weighted by atomic mass is 9.94. The molecule has 4 aromatic rings. The van der Waals surface area contributed by atoms with E-state index in [9.17, 15) is 9.59 Å². The second-order valence-corrected chi connectivity index (χ2v) is 8.24. The second kappa shape index (κ2) is 8.17. The average Bonchev–Trinajstić information content (AvgIpc) is 3.50. The van der Waals surface area contributed by atoms with Gasteiger partial charge in [0, 0.05) is 34.1 Å². The van der Waals surface area contributed by atoms with Gasteiger partial charge in [0.15, 0.2) is 0 Å². The molecule has 4 heterocycles. The van der Waals surface area contributed by atoms with Gasteiger partial charge >= 0.3 is 0 Å². The Morgan fingerprint density at radius 2 is 1.73 bits per heavy atom. The Bertz CT molecular complexity index is 1450. The van der Waals surface area contributed by atoms with E-state index in [1.807, 2.05) is 30.5 Å². The van der Waals surface area contributed by atoms with Gasteiger partial charge in [0.1, 0.15) is 11.4 Å². The highest BCUT2D eigenvalue weighted by Crippen LogP contribution is 2.40. The number of furan rings is 1. The number of halogens is 2. The van der Waals surface area contributed by atoms with Crippen molar-refractivity contribution in [1.82, 2.24) is 15.2 Å². The zero-order valence-corrected chi connectivity index (χ0v) is 18.4. The van der Waals surface area contributed by atoms with Crippen LogP contribution in [0.4, 0.5) is 4.39 Å². The lowest BCUT2D eigenvalue weighted by Crippen LogP contribution is -2.29. The van der Waals surface area contributed by atoms with E-state index < -0.39 is 17.6 Å². The first-order valence-corrected chi connectivity index (χ1v) is 10.7. The van der Waals surface area contributed by atoms with E-state index in [0.29, 0.717) is 10.9 Å². The number of nitrogens with one attached hydrogen (secondary N) is 2. The fourth-order valence-electron chi connectivity index (χ4n) is 4.98. The number of aromatic nitrogens is 1. The van der Waals surface area contributed by atoms with E-state index in [-0.39, 0.29) is 40.7 Å². The van der Waals surface area contributed by atoms with E-state index in [0.717, 1.165) is 36.8 Å². The highest BCUT2D eigenvalue weighted by molar-refractivity contribution is 6.50. The maximum atomic E-state index is 15.1. The number of amides is 2. The lowest BCUT2D eigenvalue weighted by molar-refractivity contribution is -0.122. The van der Waals surface area contributed by atoms with Crippen molar-refractivity contribution < 1.29 is 18.4 Å². The van der Waals surface area contributed by atoms with E-state index in [2.05, 4.69) is 15.2 Å². The molecule has 1 fully saturated rings. The largest absolute Gasteiger partial charge is 0.464 e. The molecule has 2 aromatic heterocycles. The van der Waals surface area contributed by atoms with Crippen LogP contribution in [0.2, 0.25) is 0 Å². The Morgan fingerprint density at radius 3 is 2.55 bits per heavy atom. The summed E-state index contributed by atoms with van der Waals surface area (Å²) in [5.41, 5.74) is 2.09. The molecule has 2 amide bonds. The van der Waals surface area contributed by atoms with Crippen LogP contribution in [0.15, 0.2) is 59.3 Å². The summed E-state index contributed by atoms with van der Waals surface area (Å²) < 4.78 is 22.8. The van der Waals surface area contributed by atoms with E-state index in [4.69, 9.17) is 4.42 Å². The third-order valence-corrected chi connectivity index (χ3v) is 6.46. The number of carbonyl (C=O) groups is 2. The summed E-state index contributed by atoms with van der Waals surface area (Å²) in [5, 5.41) is 7.27. The van der Waals surface area contributed by atoms with Crippen LogP contribution in [0.25, 0.3) is 33.0 Å². The van der Waals surface area contributed by atoms with Crippen LogP contribution in [0, 0.1) is 5.82 Å². The van der Waals surface area contributed by atoms with Gasteiger partial charge in [-0.1, -0.05) is 18.2 Å². The van der Waals surface area contributed by atoms with Gasteiger partial charge in [0.2, 0.25) is 0 Å². The first-order valence-electron chi connectivity index (χ1n) is 10.7. The molecule has 6 nitrogen and oxygen atoms in total. The SMILES string of the molecule is Cl.O=C1NC(=O)C(c2c(F)ccc3ccoc23)=C1c1cn(C2CCNCC2)c2ccccc12. The van der Waals surface area contributed by atoms with Crippen molar-refractivity contribution in [2.24, 2.45) is 0 Å². The zero-order valence-electron chi connectivity index (χ0n) is 17.6. The normalized spacial score (nSPS) is 17.1. The van der Waals surface area contributed by atoms with Crippen LogP contribution >= 0.6 is 12.4 Å². The number of hydrogen-bond donors (Lipinski definition) is 2. The van der Waals surface area contributed by atoms with E-state index in [1.54, 1.807) is 12.1 Å². The summed E-state index contributed by atoms with van der Waals surface area (Å²) in [6.07, 6.45) is 5.32. The van der Waals surface area contributed by atoms with E-state index in [1.165, 1.54) is 12.3 Å². The third kappa shape index (κ3) is 3.27.